The number of nitrogens with one attached hydrogen (secondary N) is 1. The predicted octanol–water partition coefficient (Wildman–Crippen LogP) is 4.96. The molecule has 0 aromatic heterocycles. The Morgan fingerprint density at radius 2 is 1.63 bits per heavy atom. The number of halogens is 1. The summed E-state index contributed by atoms with van der Waals surface area (Å²) in [5.74, 6) is 0.748. The minimum atomic E-state index is -4.01. The Balaban J connectivity index is 1.82. The molecule has 186 valence electrons. The van der Waals surface area contributed by atoms with Crippen LogP contribution in [0.25, 0.3) is 0 Å². The van der Waals surface area contributed by atoms with Crippen molar-refractivity contribution in [1.29, 1.82) is 0 Å². The van der Waals surface area contributed by atoms with E-state index >= 15 is 0 Å². The zero-order chi connectivity index (χ0) is 25.4. The van der Waals surface area contributed by atoms with E-state index in [2.05, 4.69) is 5.32 Å². The third-order valence-corrected chi connectivity index (χ3v) is 7.35. The molecule has 1 N–H and O–H groups in total. The molecule has 0 aliphatic heterocycles. The van der Waals surface area contributed by atoms with Crippen molar-refractivity contribution in [3.8, 4) is 11.5 Å². The SMILES string of the molecule is CCOc1ccc(CNC(=O)CN(c2ccc(C)c(Cl)c2)S(=O)(=O)c2ccccc2)cc1OCC. The van der Waals surface area contributed by atoms with Gasteiger partial charge < -0.3 is 14.8 Å². The maximum absolute atomic E-state index is 13.4. The second-order valence-corrected chi connectivity index (χ2v) is 9.95. The molecule has 0 aliphatic carbocycles. The van der Waals surface area contributed by atoms with Gasteiger partial charge >= 0.3 is 0 Å². The molecule has 0 aliphatic rings. The van der Waals surface area contributed by atoms with E-state index in [0.717, 1.165) is 15.4 Å². The van der Waals surface area contributed by atoms with Crippen molar-refractivity contribution in [3.63, 3.8) is 0 Å². The third kappa shape index (κ3) is 6.68. The average molecular weight is 517 g/mol. The van der Waals surface area contributed by atoms with Gasteiger partial charge in [0.15, 0.2) is 11.5 Å². The molecule has 1 amide bonds. The highest BCUT2D eigenvalue weighted by Gasteiger charge is 2.27. The molecule has 9 heteroatoms. The first kappa shape index (κ1) is 26.4. The fourth-order valence-corrected chi connectivity index (χ4v) is 4.97. The van der Waals surface area contributed by atoms with E-state index in [4.69, 9.17) is 21.1 Å². The van der Waals surface area contributed by atoms with Gasteiger partial charge in [-0.3, -0.25) is 9.10 Å². The molecule has 0 spiro atoms. The van der Waals surface area contributed by atoms with Crippen LogP contribution in [0.15, 0.2) is 71.6 Å². The van der Waals surface area contributed by atoms with Gasteiger partial charge in [0.2, 0.25) is 5.91 Å². The zero-order valence-electron chi connectivity index (χ0n) is 20.0. The Labute approximate surface area is 211 Å². The first-order valence-electron chi connectivity index (χ1n) is 11.3. The fraction of sp³-hybridized carbons (Fsp3) is 0.269. The van der Waals surface area contributed by atoms with E-state index in [1.165, 1.54) is 12.1 Å². The van der Waals surface area contributed by atoms with E-state index in [9.17, 15) is 13.2 Å². The molecule has 0 unspecified atom stereocenters. The summed E-state index contributed by atoms with van der Waals surface area (Å²) in [5, 5.41) is 3.21. The van der Waals surface area contributed by atoms with Gasteiger partial charge in [-0.05, 0) is 68.3 Å². The van der Waals surface area contributed by atoms with Gasteiger partial charge in [-0.2, -0.15) is 0 Å². The van der Waals surface area contributed by atoms with Crippen LogP contribution >= 0.6 is 11.6 Å². The molecule has 35 heavy (non-hydrogen) atoms. The lowest BCUT2D eigenvalue weighted by atomic mass is 10.2. The maximum Gasteiger partial charge on any atom is 0.264 e. The van der Waals surface area contributed by atoms with Gasteiger partial charge in [0, 0.05) is 11.6 Å². The molecule has 3 rings (SSSR count). The second-order valence-electron chi connectivity index (χ2n) is 7.68. The average Bonchev–Trinajstić information content (AvgIpc) is 2.85. The van der Waals surface area contributed by atoms with Crippen molar-refractivity contribution in [2.45, 2.75) is 32.2 Å². The first-order valence-corrected chi connectivity index (χ1v) is 13.1. The highest BCUT2D eigenvalue weighted by atomic mass is 35.5. The molecule has 3 aromatic rings. The number of aryl methyl sites for hydroxylation is 1. The predicted molar refractivity (Wildman–Crippen MR) is 138 cm³/mol. The molecule has 0 bridgehead atoms. The number of carbonyl (C=O) groups is 1. The number of carbonyl (C=O) groups excluding carboxylic acids is 1. The summed E-state index contributed by atoms with van der Waals surface area (Å²) in [4.78, 5) is 13.0. The molecule has 0 saturated carbocycles. The van der Waals surface area contributed by atoms with E-state index in [0.29, 0.717) is 35.4 Å². The molecule has 0 fully saturated rings. The van der Waals surface area contributed by atoms with Crippen LogP contribution in [0.3, 0.4) is 0 Å². The van der Waals surface area contributed by atoms with Crippen molar-refractivity contribution in [3.05, 3.63) is 82.9 Å². The van der Waals surface area contributed by atoms with Crippen LogP contribution in [0, 0.1) is 6.92 Å². The zero-order valence-corrected chi connectivity index (χ0v) is 21.5. The van der Waals surface area contributed by atoms with E-state index in [1.54, 1.807) is 48.5 Å². The van der Waals surface area contributed by atoms with E-state index in [-0.39, 0.29) is 11.4 Å². The lowest BCUT2D eigenvalue weighted by Gasteiger charge is -2.24. The summed E-state index contributed by atoms with van der Waals surface area (Å²) >= 11 is 6.26. The maximum atomic E-state index is 13.4. The summed E-state index contributed by atoms with van der Waals surface area (Å²) in [5.41, 5.74) is 1.90. The molecule has 7 nitrogen and oxygen atoms in total. The normalized spacial score (nSPS) is 11.1. The Morgan fingerprint density at radius 1 is 0.943 bits per heavy atom. The number of ether oxygens (including phenoxy) is 2. The Hall–Kier alpha value is -3.23. The van der Waals surface area contributed by atoms with Crippen LogP contribution in [0.4, 0.5) is 5.69 Å². The summed E-state index contributed by atoms with van der Waals surface area (Å²) in [6.07, 6.45) is 0. The number of nitrogens with zero attached hydrogens (tertiary/aromatic N) is 1. The van der Waals surface area contributed by atoms with Crippen LogP contribution in [-0.4, -0.2) is 34.1 Å². The Bertz CT molecular complexity index is 1270. The standard InChI is InChI=1S/C26H29ClN2O5S/c1-4-33-24-14-12-20(15-25(24)34-5-2)17-28-26(30)18-29(21-13-11-19(3)23(27)16-21)35(31,32)22-9-7-6-8-10-22/h6-16H,4-5,17-18H2,1-3H3,(H,28,30). The lowest BCUT2D eigenvalue weighted by Crippen LogP contribution is -2.40. The number of sulfonamides is 1. The van der Waals surface area contributed by atoms with Crippen LogP contribution in [0.1, 0.15) is 25.0 Å². The van der Waals surface area contributed by atoms with Crippen molar-refractivity contribution in [1.82, 2.24) is 5.32 Å². The van der Waals surface area contributed by atoms with Crippen molar-refractivity contribution >= 4 is 33.2 Å². The summed E-state index contributed by atoms with van der Waals surface area (Å²) < 4.78 is 39.1. The van der Waals surface area contributed by atoms with E-state index in [1.807, 2.05) is 26.8 Å². The number of benzene rings is 3. The van der Waals surface area contributed by atoms with Gasteiger partial charge in [-0.25, -0.2) is 8.42 Å². The Kier molecular flexibility index (Phi) is 9.01. The topological polar surface area (TPSA) is 84.9 Å². The number of anilines is 1. The minimum absolute atomic E-state index is 0.0809. The quantitative estimate of drug-likeness (QED) is 0.389. The van der Waals surface area contributed by atoms with Crippen LogP contribution in [-0.2, 0) is 21.4 Å². The van der Waals surface area contributed by atoms with Gasteiger partial charge in [0.05, 0.1) is 23.8 Å². The number of amides is 1. The van der Waals surface area contributed by atoms with Crippen molar-refractivity contribution < 1.29 is 22.7 Å². The minimum Gasteiger partial charge on any atom is -0.490 e. The highest BCUT2D eigenvalue weighted by molar-refractivity contribution is 7.92. The number of hydrogen-bond acceptors (Lipinski definition) is 5. The molecule has 0 radical (unpaired) electrons. The molecule has 3 aromatic carbocycles. The summed E-state index contributed by atoms with van der Waals surface area (Å²) in [6, 6.07) is 18.3. The van der Waals surface area contributed by atoms with Crippen molar-refractivity contribution in [2.24, 2.45) is 0 Å². The van der Waals surface area contributed by atoms with Crippen LogP contribution in [0.2, 0.25) is 5.02 Å². The van der Waals surface area contributed by atoms with Crippen molar-refractivity contribution in [2.75, 3.05) is 24.1 Å². The number of hydrogen-bond donors (Lipinski definition) is 1. The molecular weight excluding hydrogens is 488 g/mol. The first-order chi connectivity index (χ1) is 16.8. The molecule has 0 saturated heterocycles. The van der Waals surface area contributed by atoms with Gasteiger partial charge in [-0.15, -0.1) is 0 Å². The fourth-order valence-electron chi connectivity index (χ4n) is 3.36. The summed E-state index contributed by atoms with van der Waals surface area (Å²) in [6.45, 7) is 6.35. The highest BCUT2D eigenvalue weighted by Crippen LogP contribution is 2.29. The third-order valence-electron chi connectivity index (χ3n) is 5.16. The monoisotopic (exact) mass is 516 g/mol. The van der Waals surface area contributed by atoms with Crippen LogP contribution < -0.4 is 19.1 Å². The summed E-state index contributed by atoms with van der Waals surface area (Å²) in [7, 11) is -4.01. The molecule has 0 heterocycles. The lowest BCUT2D eigenvalue weighted by molar-refractivity contribution is -0.119. The van der Waals surface area contributed by atoms with Gasteiger partial charge in [-0.1, -0.05) is 41.9 Å². The van der Waals surface area contributed by atoms with Gasteiger partial charge in [0.25, 0.3) is 10.0 Å². The smallest absolute Gasteiger partial charge is 0.264 e. The van der Waals surface area contributed by atoms with E-state index < -0.39 is 22.5 Å². The van der Waals surface area contributed by atoms with Gasteiger partial charge in [0.1, 0.15) is 6.54 Å². The largest absolute Gasteiger partial charge is 0.490 e. The molecular formula is C26H29ClN2O5S. The number of rotatable bonds is 11. The Morgan fingerprint density at radius 3 is 2.29 bits per heavy atom. The van der Waals surface area contributed by atoms with Crippen LogP contribution in [0.5, 0.6) is 11.5 Å². The second kappa shape index (κ2) is 12.0. The molecule has 0 atom stereocenters.